The van der Waals surface area contributed by atoms with E-state index >= 15 is 0 Å². The van der Waals surface area contributed by atoms with Gasteiger partial charge >= 0.3 is 0 Å². The van der Waals surface area contributed by atoms with Crippen LogP contribution >= 0.6 is 23.4 Å². The molecule has 3 rings (SSSR count). The fraction of sp³-hybridized carbons (Fsp3) is 0.409. The van der Waals surface area contributed by atoms with E-state index in [9.17, 15) is 28.2 Å². The van der Waals surface area contributed by atoms with E-state index in [4.69, 9.17) is 11.6 Å². The maximum absolute atomic E-state index is 13.4. The molecular weight excluding hydrogens is 451 g/mol. The molecule has 1 saturated carbocycles. The summed E-state index contributed by atoms with van der Waals surface area (Å²) in [5, 5.41) is 22.6. The van der Waals surface area contributed by atoms with Crippen molar-refractivity contribution in [3.8, 4) is 0 Å². The van der Waals surface area contributed by atoms with Crippen LogP contribution in [0.2, 0.25) is 5.02 Å². The summed E-state index contributed by atoms with van der Waals surface area (Å²) in [4.78, 5) is 13.2. The van der Waals surface area contributed by atoms with Crippen molar-refractivity contribution < 1.29 is 28.2 Å². The number of halogens is 4. The number of hydrogen-bond donors (Lipinski definition) is 3. The molecule has 1 amide bonds. The Kier molecular flexibility index (Phi) is 7.91. The first-order valence-corrected chi connectivity index (χ1v) is 11.2. The zero-order valence-corrected chi connectivity index (χ0v) is 18.3. The third-order valence-corrected chi connectivity index (χ3v) is 7.36. The predicted molar refractivity (Wildman–Crippen MR) is 115 cm³/mol. The first-order chi connectivity index (χ1) is 14.7. The molecule has 0 bridgehead atoms. The smallest absolute Gasteiger partial charge is 0.255 e. The van der Waals surface area contributed by atoms with Gasteiger partial charge in [-0.25, -0.2) is 13.2 Å². The second kappa shape index (κ2) is 10.3. The van der Waals surface area contributed by atoms with Gasteiger partial charge in [0, 0.05) is 33.5 Å². The van der Waals surface area contributed by atoms with Crippen molar-refractivity contribution in [2.24, 2.45) is 5.92 Å². The maximum Gasteiger partial charge on any atom is 0.255 e. The second-order valence-electron chi connectivity index (χ2n) is 7.74. The highest BCUT2D eigenvalue weighted by atomic mass is 35.5. The molecule has 2 aromatic rings. The van der Waals surface area contributed by atoms with Gasteiger partial charge in [0.05, 0.1) is 17.2 Å². The highest BCUT2D eigenvalue weighted by molar-refractivity contribution is 8.00. The molecule has 168 valence electrons. The van der Waals surface area contributed by atoms with Crippen LogP contribution in [0.25, 0.3) is 0 Å². The summed E-state index contributed by atoms with van der Waals surface area (Å²) in [6.07, 6.45) is 1.73. The van der Waals surface area contributed by atoms with Gasteiger partial charge in [-0.3, -0.25) is 4.79 Å². The van der Waals surface area contributed by atoms with Crippen LogP contribution in [0.15, 0.2) is 35.2 Å². The fourth-order valence-corrected chi connectivity index (χ4v) is 5.34. The number of carbonyl (C=O) groups is 1. The number of carbonyl (C=O) groups excluding carboxylic acids is 1. The fourth-order valence-electron chi connectivity index (χ4n) is 3.66. The van der Waals surface area contributed by atoms with Crippen LogP contribution in [-0.2, 0) is 0 Å². The largest absolute Gasteiger partial charge is 0.391 e. The van der Waals surface area contributed by atoms with E-state index in [1.807, 2.05) is 0 Å². The second-order valence-corrected chi connectivity index (χ2v) is 9.43. The lowest BCUT2D eigenvalue weighted by molar-refractivity contribution is 0.0168. The molecule has 0 aromatic heterocycles. The third kappa shape index (κ3) is 5.94. The normalized spacial score (nSPS) is 20.5. The summed E-state index contributed by atoms with van der Waals surface area (Å²) in [6, 6.07) is 6.07. The molecule has 0 heterocycles. The topological polar surface area (TPSA) is 69.6 Å². The van der Waals surface area contributed by atoms with Gasteiger partial charge in [-0.2, -0.15) is 0 Å². The van der Waals surface area contributed by atoms with E-state index in [0.717, 1.165) is 19.3 Å². The monoisotopic (exact) mass is 473 g/mol. The molecular formula is C22H23ClF3NO3S. The summed E-state index contributed by atoms with van der Waals surface area (Å²) in [6.45, 7) is 1.56. The number of thioether (sulfide) groups is 1. The number of anilines is 1. The average molecular weight is 474 g/mol. The third-order valence-electron chi connectivity index (χ3n) is 5.40. The van der Waals surface area contributed by atoms with Gasteiger partial charge in [0.2, 0.25) is 0 Å². The number of aliphatic hydroxyl groups is 2. The number of benzene rings is 2. The SMILES string of the molecule is CC(O)C(O)CC1CCCC1Sc1cc(C(=O)Nc2cc(F)c(F)c(F)c2)ccc1Cl. The lowest BCUT2D eigenvalue weighted by atomic mass is 9.97. The number of rotatable bonds is 7. The Bertz CT molecular complexity index is 937. The minimum atomic E-state index is -1.60. The van der Waals surface area contributed by atoms with Crippen LogP contribution in [0.4, 0.5) is 18.9 Å². The summed E-state index contributed by atoms with van der Waals surface area (Å²) in [5.74, 6) is -4.80. The number of hydrogen-bond acceptors (Lipinski definition) is 4. The van der Waals surface area contributed by atoms with Gasteiger partial charge in [-0.15, -0.1) is 11.8 Å². The van der Waals surface area contributed by atoms with Crippen LogP contribution < -0.4 is 5.32 Å². The lowest BCUT2D eigenvalue weighted by Crippen LogP contribution is -2.27. The molecule has 4 unspecified atom stereocenters. The molecule has 9 heteroatoms. The minimum absolute atomic E-state index is 0.171. The molecule has 0 spiro atoms. The van der Waals surface area contributed by atoms with E-state index in [2.05, 4.69) is 5.32 Å². The molecule has 1 aliphatic carbocycles. The standard InChI is InChI=1S/C22H23ClF3NO3S/c1-11(28)18(29)7-12-3-2-4-19(12)31-20-8-13(5-6-15(20)23)22(30)27-14-9-16(24)21(26)17(25)10-14/h5-6,8-12,18-19,28-29H,2-4,7H2,1H3,(H,27,30). The lowest BCUT2D eigenvalue weighted by Gasteiger charge is -2.23. The first kappa shape index (κ1) is 23.9. The van der Waals surface area contributed by atoms with Crippen molar-refractivity contribution in [3.05, 3.63) is 58.4 Å². The Morgan fingerprint density at radius 2 is 1.87 bits per heavy atom. The van der Waals surface area contributed by atoms with E-state index < -0.39 is 35.6 Å². The Balaban J connectivity index is 1.73. The van der Waals surface area contributed by atoms with Crippen LogP contribution in [0, 0.1) is 23.4 Å². The van der Waals surface area contributed by atoms with Gasteiger partial charge in [0.1, 0.15) is 0 Å². The van der Waals surface area contributed by atoms with E-state index in [0.29, 0.717) is 28.5 Å². The molecule has 0 aliphatic heterocycles. The molecule has 1 aliphatic rings. The summed E-state index contributed by atoms with van der Waals surface area (Å²) in [7, 11) is 0. The van der Waals surface area contributed by atoms with Crippen molar-refractivity contribution >= 4 is 35.0 Å². The summed E-state index contributed by atoms with van der Waals surface area (Å²) >= 11 is 7.83. The van der Waals surface area contributed by atoms with E-state index in [1.165, 1.54) is 17.8 Å². The first-order valence-electron chi connectivity index (χ1n) is 9.94. The van der Waals surface area contributed by atoms with Gasteiger partial charge in [-0.1, -0.05) is 18.0 Å². The average Bonchev–Trinajstić information content (AvgIpc) is 3.14. The Morgan fingerprint density at radius 1 is 1.19 bits per heavy atom. The van der Waals surface area contributed by atoms with Gasteiger partial charge in [0.15, 0.2) is 17.5 Å². The van der Waals surface area contributed by atoms with Crippen LogP contribution in [-0.4, -0.2) is 33.6 Å². The Labute approximate surface area is 187 Å². The molecule has 0 radical (unpaired) electrons. The number of nitrogens with one attached hydrogen (secondary N) is 1. The molecule has 3 N–H and O–H groups in total. The van der Waals surface area contributed by atoms with E-state index in [1.54, 1.807) is 19.1 Å². The van der Waals surface area contributed by atoms with Crippen LogP contribution in [0.1, 0.15) is 43.0 Å². The zero-order chi connectivity index (χ0) is 22.7. The summed E-state index contributed by atoms with van der Waals surface area (Å²) < 4.78 is 39.9. The Morgan fingerprint density at radius 3 is 2.52 bits per heavy atom. The van der Waals surface area contributed by atoms with Crippen molar-refractivity contribution in [3.63, 3.8) is 0 Å². The van der Waals surface area contributed by atoms with Gasteiger partial charge in [0.25, 0.3) is 5.91 Å². The molecule has 2 aromatic carbocycles. The van der Waals surface area contributed by atoms with Crippen LogP contribution in [0.5, 0.6) is 0 Å². The zero-order valence-electron chi connectivity index (χ0n) is 16.7. The number of amides is 1. The van der Waals surface area contributed by atoms with Crippen molar-refractivity contribution in [1.82, 2.24) is 0 Å². The van der Waals surface area contributed by atoms with Crippen molar-refractivity contribution in [1.29, 1.82) is 0 Å². The predicted octanol–water partition coefficient (Wildman–Crippen LogP) is 5.40. The highest BCUT2D eigenvalue weighted by Crippen LogP contribution is 2.43. The summed E-state index contributed by atoms with van der Waals surface area (Å²) in [5.41, 5.74) is 0.0316. The molecule has 1 fully saturated rings. The molecule has 31 heavy (non-hydrogen) atoms. The van der Waals surface area contributed by atoms with E-state index in [-0.39, 0.29) is 22.4 Å². The molecule has 0 saturated heterocycles. The molecule has 4 nitrogen and oxygen atoms in total. The minimum Gasteiger partial charge on any atom is -0.391 e. The van der Waals surface area contributed by atoms with Gasteiger partial charge in [-0.05, 0) is 50.3 Å². The number of aliphatic hydroxyl groups excluding tert-OH is 2. The molecule has 4 atom stereocenters. The van der Waals surface area contributed by atoms with Gasteiger partial charge < -0.3 is 15.5 Å². The Hall–Kier alpha value is -1.74. The highest BCUT2D eigenvalue weighted by Gasteiger charge is 2.31. The van der Waals surface area contributed by atoms with Crippen LogP contribution in [0.3, 0.4) is 0 Å². The maximum atomic E-state index is 13.4. The van der Waals surface area contributed by atoms with Crippen molar-refractivity contribution in [2.75, 3.05) is 5.32 Å². The quantitative estimate of drug-likeness (QED) is 0.471. The van der Waals surface area contributed by atoms with Crippen molar-refractivity contribution in [2.45, 2.75) is 55.0 Å².